The first kappa shape index (κ1) is 18.6. The smallest absolute Gasteiger partial charge is 0.333 e. The summed E-state index contributed by atoms with van der Waals surface area (Å²) in [7, 11) is 1.77. The molecule has 28 heavy (non-hydrogen) atoms. The highest BCUT2D eigenvalue weighted by Crippen LogP contribution is 2.27. The van der Waals surface area contributed by atoms with Crippen LogP contribution in [0.3, 0.4) is 0 Å². The Morgan fingerprint density at radius 2 is 1.89 bits per heavy atom. The molecule has 1 aliphatic heterocycles. The summed E-state index contributed by atoms with van der Waals surface area (Å²) in [6.07, 6.45) is -3.80. The third-order valence-corrected chi connectivity index (χ3v) is 5.03. The third kappa shape index (κ3) is 2.87. The molecule has 4 atom stereocenters. The van der Waals surface area contributed by atoms with Crippen LogP contribution in [0, 0.1) is 0 Å². The molecule has 1 fully saturated rings. The van der Waals surface area contributed by atoms with Gasteiger partial charge in [-0.15, -0.1) is 0 Å². The number of aliphatic hydroxyl groups is 3. The van der Waals surface area contributed by atoms with Crippen LogP contribution in [-0.4, -0.2) is 59.2 Å². The van der Waals surface area contributed by atoms with Gasteiger partial charge in [-0.05, 0) is 6.07 Å². The number of benzene rings is 1. The molecule has 148 valence electrons. The van der Waals surface area contributed by atoms with Gasteiger partial charge in [-0.2, -0.15) is 5.10 Å². The van der Waals surface area contributed by atoms with Crippen LogP contribution in [0.5, 0.6) is 0 Å². The van der Waals surface area contributed by atoms with Gasteiger partial charge in [0, 0.05) is 24.7 Å². The second kappa shape index (κ2) is 6.99. The Hall–Kier alpha value is -2.79. The van der Waals surface area contributed by atoms with Gasteiger partial charge in [-0.25, -0.2) is 4.79 Å². The van der Waals surface area contributed by atoms with Gasteiger partial charge in [0.25, 0.3) is 5.56 Å². The standard InChI is InChI=1S/C18H20N4O6/c1-20-12-5-3-2-4-10(12)11(19-20)8-22-14(24)6-7-21(18(22)27)17-16(26)15(25)13(9-23)28-17/h2-7,13,15-17,23,25-26H,8-9H2,1H3/t13?,15-,16?,17?/m0/s1. The normalized spacial score (nSPS) is 24.9. The Morgan fingerprint density at radius 3 is 2.61 bits per heavy atom. The van der Waals surface area contributed by atoms with Gasteiger partial charge >= 0.3 is 5.69 Å². The first-order valence-electron chi connectivity index (χ1n) is 8.77. The Labute approximate surface area is 158 Å². The summed E-state index contributed by atoms with van der Waals surface area (Å²) < 4.78 is 9.10. The molecule has 0 bridgehead atoms. The Morgan fingerprint density at radius 1 is 1.14 bits per heavy atom. The van der Waals surface area contributed by atoms with E-state index in [0.717, 1.165) is 20.0 Å². The molecule has 10 heteroatoms. The van der Waals surface area contributed by atoms with Crippen molar-refractivity contribution in [2.45, 2.75) is 31.1 Å². The summed E-state index contributed by atoms with van der Waals surface area (Å²) in [6, 6.07) is 8.64. The summed E-state index contributed by atoms with van der Waals surface area (Å²) >= 11 is 0. The number of ether oxygens (including phenoxy) is 1. The van der Waals surface area contributed by atoms with Gasteiger partial charge in [0.15, 0.2) is 6.23 Å². The van der Waals surface area contributed by atoms with E-state index in [2.05, 4.69) is 5.10 Å². The maximum absolute atomic E-state index is 12.9. The molecule has 3 aromatic rings. The molecule has 3 N–H and O–H groups in total. The molecule has 0 saturated carbocycles. The largest absolute Gasteiger partial charge is 0.394 e. The zero-order valence-electron chi connectivity index (χ0n) is 15.0. The summed E-state index contributed by atoms with van der Waals surface area (Å²) in [5, 5.41) is 34.6. The lowest BCUT2D eigenvalue weighted by Crippen LogP contribution is -2.43. The first-order chi connectivity index (χ1) is 13.4. The number of aryl methyl sites for hydroxylation is 1. The first-order valence-corrected chi connectivity index (χ1v) is 8.77. The van der Waals surface area contributed by atoms with Crippen molar-refractivity contribution in [2.24, 2.45) is 7.05 Å². The van der Waals surface area contributed by atoms with Crippen LogP contribution in [0.15, 0.2) is 46.1 Å². The van der Waals surface area contributed by atoms with Crippen LogP contribution in [0.2, 0.25) is 0 Å². The van der Waals surface area contributed by atoms with E-state index in [9.17, 15) is 24.9 Å². The van der Waals surface area contributed by atoms with Crippen molar-refractivity contribution in [1.29, 1.82) is 0 Å². The van der Waals surface area contributed by atoms with Crippen LogP contribution < -0.4 is 11.2 Å². The number of para-hydroxylation sites is 1. The highest BCUT2D eigenvalue weighted by atomic mass is 16.6. The third-order valence-electron chi connectivity index (χ3n) is 5.03. The lowest BCUT2D eigenvalue weighted by atomic mass is 10.1. The van der Waals surface area contributed by atoms with Crippen molar-refractivity contribution in [2.75, 3.05) is 6.61 Å². The average molecular weight is 388 g/mol. The van der Waals surface area contributed by atoms with Crippen molar-refractivity contribution >= 4 is 10.9 Å². The van der Waals surface area contributed by atoms with Gasteiger partial charge in [0.05, 0.1) is 24.4 Å². The predicted molar refractivity (Wildman–Crippen MR) is 97.8 cm³/mol. The molecule has 0 amide bonds. The molecule has 1 aromatic carbocycles. The fraction of sp³-hybridized carbons (Fsp3) is 0.389. The lowest BCUT2D eigenvalue weighted by Gasteiger charge is -2.18. The fourth-order valence-corrected chi connectivity index (χ4v) is 3.54. The number of fused-ring (bicyclic) bond motifs is 1. The number of hydrogen-bond donors (Lipinski definition) is 3. The van der Waals surface area contributed by atoms with Gasteiger partial charge in [-0.3, -0.25) is 18.6 Å². The van der Waals surface area contributed by atoms with E-state index in [1.54, 1.807) is 11.7 Å². The summed E-state index contributed by atoms with van der Waals surface area (Å²) in [5.74, 6) is 0. The van der Waals surface area contributed by atoms with Crippen LogP contribution in [0.25, 0.3) is 10.9 Å². The molecular weight excluding hydrogens is 368 g/mol. The summed E-state index contributed by atoms with van der Waals surface area (Å²) in [4.78, 5) is 25.3. The molecule has 4 rings (SSSR count). The van der Waals surface area contributed by atoms with E-state index >= 15 is 0 Å². The van der Waals surface area contributed by atoms with Crippen molar-refractivity contribution in [1.82, 2.24) is 18.9 Å². The van der Waals surface area contributed by atoms with Crippen molar-refractivity contribution in [3.05, 3.63) is 63.1 Å². The number of hydrogen-bond acceptors (Lipinski definition) is 7. The predicted octanol–water partition coefficient (Wildman–Crippen LogP) is -1.44. The summed E-state index contributed by atoms with van der Waals surface area (Å²) in [5.41, 5.74) is 0.182. The number of aromatic nitrogens is 4. The fourth-order valence-electron chi connectivity index (χ4n) is 3.54. The zero-order chi connectivity index (χ0) is 20.0. The topological polar surface area (TPSA) is 132 Å². The quantitative estimate of drug-likeness (QED) is 0.499. The lowest BCUT2D eigenvalue weighted by molar-refractivity contribution is -0.0555. The number of rotatable bonds is 4. The molecule has 0 radical (unpaired) electrons. The van der Waals surface area contributed by atoms with Gasteiger partial charge in [-0.1, -0.05) is 18.2 Å². The summed E-state index contributed by atoms with van der Waals surface area (Å²) in [6.45, 7) is -0.572. The Kier molecular flexibility index (Phi) is 4.63. The van der Waals surface area contributed by atoms with Crippen molar-refractivity contribution < 1.29 is 20.1 Å². The molecule has 3 heterocycles. The molecule has 0 spiro atoms. The SMILES string of the molecule is Cn1nc(Cn2c(=O)ccn(C3OC(CO)[C@H](O)C3O)c2=O)c2ccccc21. The minimum absolute atomic E-state index is 0.0609. The van der Waals surface area contributed by atoms with Crippen LogP contribution in [0.1, 0.15) is 11.9 Å². The van der Waals surface area contributed by atoms with E-state index in [4.69, 9.17) is 4.74 Å². The molecule has 1 saturated heterocycles. The van der Waals surface area contributed by atoms with Crippen molar-refractivity contribution in [3.63, 3.8) is 0 Å². The average Bonchev–Trinajstić information content (AvgIpc) is 3.16. The van der Waals surface area contributed by atoms with E-state index < -0.39 is 42.4 Å². The highest BCUT2D eigenvalue weighted by molar-refractivity contribution is 5.81. The van der Waals surface area contributed by atoms with Crippen LogP contribution in [0.4, 0.5) is 0 Å². The minimum Gasteiger partial charge on any atom is -0.394 e. The number of nitrogens with zero attached hydrogens (tertiary/aromatic N) is 4. The van der Waals surface area contributed by atoms with Crippen molar-refractivity contribution in [3.8, 4) is 0 Å². The maximum atomic E-state index is 12.9. The van der Waals surface area contributed by atoms with E-state index in [1.807, 2.05) is 24.3 Å². The highest BCUT2D eigenvalue weighted by Gasteiger charge is 2.43. The second-order valence-corrected chi connectivity index (χ2v) is 6.75. The molecule has 10 nitrogen and oxygen atoms in total. The van der Waals surface area contributed by atoms with E-state index in [0.29, 0.717) is 5.69 Å². The van der Waals surface area contributed by atoms with E-state index in [1.165, 1.54) is 12.3 Å². The van der Waals surface area contributed by atoms with Crippen LogP contribution in [-0.2, 0) is 18.3 Å². The number of aliphatic hydroxyl groups excluding tert-OH is 3. The molecule has 1 aliphatic rings. The molecule has 3 unspecified atom stereocenters. The van der Waals surface area contributed by atoms with Gasteiger partial charge in [0.2, 0.25) is 0 Å². The second-order valence-electron chi connectivity index (χ2n) is 6.75. The van der Waals surface area contributed by atoms with E-state index in [-0.39, 0.29) is 6.54 Å². The Bertz CT molecular complexity index is 1130. The molecule has 2 aromatic heterocycles. The van der Waals surface area contributed by atoms with Gasteiger partial charge in [0.1, 0.15) is 18.3 Å². The maximum Gasteiger partial charge on any atom is 0.333 e. The van der Waals surface area contributed by atoms with Gasteiger partial charge < -0.3 is 20.1 Å². The molecule has 0 aliphatic carbocycles. The zero-order valence-corrected chi connectivity index (χ0v) is 15.0. The Balaban J connectivity index is 1.76. The monoisotopic (exact) mass is 388 g/mol. The van der Waals surface area contributed by atoms with Crippen LogP contribution >= 0.6 is 0 Å². The minimum atomic E-state index is -1.42. The molecular formula is C18H20N4O6.